The van der Waals surface area contributed by atoms with Crippen LogP contribution in [0.1, 0.15) is 38.8 Å². The van der Waals surface area contributed by atoms with E-state index in [1.165, 1.54) is 11.0 Å². The normalized spacial score (nSPS) is 22.9. The number of carbonyl (C=O) groups is 1. The second-order valence-electron chi connectivity index (χ2n) is 6.09. The molecule has 1 amide bonds. The van der Waals surface area contributed by atoms with Crippen molar-refractivity contribution in [2.24, 2.45) is 5.73 Å². The van der Waals surface area contributed by atoms with Gasteiger partial charge >= 0.3 is 6.09 Å². The van der Waals surface area contributed by atoms with Gasteiger partial charge in [-0.25, -0.2) is 9.18 Å². The lowest BCUT2D eigenvalue weighted by Crippen LogP contribution is -2.39. The molecule has 0 aromatic heterocycles. The molecule has 0 aliphatic carbocycles. The van der Waals surface area contributed by atoms with Crippen molar-refractivity contribution < 1.29 is 13.9 Å². The first kappa shape index (κ1) is 14.8. The van der Waals surface area contributed by atoms with E-state index in [1.807, 2.05) is 0 Å². The number of hydrogen-bond acceptors (Lipinski definition) is 3. The van der Waals surface area contributed by atoms with Gasteiger partial charge in [0.15, 0.2) is 0 Å². The smallest absolute Gasteiger partial charge is 0.410 e. The molecular formula is C15H21FN2O2. The summed E-state index contributed by atoms with van der Waals surface area (Å²) in [5.74, 6) is -0.344. The molecule has 20 heavy (non-hydrogen) atoms. The van der Waals surface area contributed by atoms with Crippen LogP contribution in [0.15, 0.2) is 24.3 Å². The molecule has 1 aromatic carbocycles. The summed E-state index contributed by atoms with van der Waals surface area (Å²) < 4.78 is 19.3. The van der Waals surface area contributed by atoms with Gasteiger partial charge in [0.05, 0.1) is 6.04 Å². The van der Waals surface area contributed by atoms with Gasteiger partial charge in [0.25, 0.3) is 0 Å². The molecule has 0 spiro atoms. The first-order valence-electron chi connectivity index (χ1n) is 6.79. The molecule has 1 aliphatic heterocycles. The second-order valence-corrected chi connectivity index (χ2v) is 6.09. The minimum Gasteiger partial charge on any atom is -0.444 e. The Balaban J connectivity index is 2.26. The number of benzene rings is 1. The van der Waals surface area contributed by atoms with Gasteiger partial charge in [0.2, 0.25) is 0 Å². The number of rotatable bonds is 1. The summed E-state index contributed by atoms with van der Waals surface area (Å²) in [6, 6.07) is 5.68. The van der Waals surface area contributed by atoms with E-state index in [2.05, 4.69) is 0 Å². The molecule has 2 unspecified atom stereocenters. The largest absolute Gasteiger partial charge is 0.444 e. The molecule has 0 radical (unpaired) electrons. The SMILES string of the molecule is CC(C)(C)OC(=O)N1CCC(N)C1c1ccccc1F. The topological polar surface area (TPSA) is 55.6 Å². The van der Waals surface area contributed by atoms with Crippen LogP contribution in [0.5, 0.6) is 0 Å². The van der Waals surface area contributed by atoms with Crippen LogP contribution in [-0.2, 0) is 4.74 Å². The Bertz CT molecular complexity index is 499. The van der Waals surface area contributed by atoms with Gasteiger partial charge in [0.1, 0.15) is 11.4 Å². The highest BCUT2D eigenvalue weighted by molar-refractivity contribution is 5.69. The van der Waals surface area contributed by atoms with Crippen molar-refractivity contribution in [1.82, 2.24) is 4.90 Å². The lowest BCUT2D eigenvalue weighted by atomic mass is 10.0. The Morgan fingerprint density at radius 3 is 2.65 bits per heavy atom. The highest BCUT2D eigenvalue weighted by Crippen LogP contribution is 2.33. The second kappa shape index (κ2) is 5.40. The molecule has 110 valence electrons. The fraction of sp³-hybridized carbons (Fsp3) is 0.533. The molecular weight excluding hydrogens is 259 g/mol. The zero-order chi connectivity index (χ0) is 14.9. The molecule has 2 N–H and O–H groups in total. The van der Waals surface area contributed by atoms with E-state index in [4.69, 9.17) is 10.5 Å². The predicted molar refractivity (Wildman–Crippen MR) is 74.7 cm³/mol. The molecule has 0 saturated carbocycles. The van der Waals surface area contributed by atoms with Crippen LogP contribution in [0.2, 0.25) is 0 Å². The summed E-state index contributed by atoms with van der Waals surface area (Å²) in [6.07, 6.45) is 0.192. The van der Waals surface area contributed by atoms with Gasteiger partial charge in [-0.2, -0.15) is 0 Å². The maximum atomic E-state index is 14.0. The number of carbonyl (C=O) groups excluding carboxylic acids is 1. The van der Waals surface area contributed by atoms with E-state index in [1.54, 1.807) is 39.0 Å². The molecule has 1 heterocycles. The molecule has 2 rings (SSSR count). The average Bonchev–Trinajstić information content (AvgIpc) is 2.70. The first-order valence-corrected chi connectivity index (χ1v) is 6.79. The van der Waals surface area contributed by atoms with Gasteiger partial charge in [-0.05, 0) is 33.3 Å². The summed E-state index contributed by atoms with van der Waals surface area (Å²) in [5.41, 5.74) is 5.92. The van der Waals surface area contributed by atoms with Gasteiger partial charge in [-0.1, -0.05) is 18.2 Å². The third-order valence-electron chi connectivity index (χ3n) is 3.30. The molecule has 1 fully saturated rings. The fourth-order valence-electron chi connectivity index (χ4n) is 2.46. The highest BCUT2D eigenvalue weighted by Gasteiger charge is 2.39. The zero-order valence-electron chi connectivity index (χ0n) is 12.1. The van der Waals surface area contributed by atoms with Crippen LogP contribution in [0.3, 0.4) is 0 Å². The standard InChI is InChI=1S/C15H21FN2O2/c1-15(2,3)20-14(19)18-9-8-12(17)13(18)10-6-4-5-7-11(10)16/h4-7,12-13H,8-9,17H2,1-3H3. The molecule has 4 nitrogen and oxygen atoms in total. The highest BCUT2D eigenvalue weighted by atomic mass is 19.1. The van der Waals surface area contributed by atoms with Crippen molar-refractivity contribution in [2.45, 2.75) is 44.9 Å². The monoisotopic (exact) mass is 280 g/mol. The maximum absolute atomic E-state index is 14.0. The summed E-state index contributed by atoms with van der Waals surface area (Å²) in [7, 11) is 0. The van der Waals surface area contributed by atoms with E-state index >= 15 is 0 Å². The van der Waals surface area contributed by atoms with Crippen LogP contribution in [0.4, 0.5) is 9.18 Å². The fourth-order valence-corrected chi connectivity index (χ4v) is 2.46. The number of hydrogen-bond donors (Lipinski definition) is 1. The van der Waals surface area contributed by atoms with E-state index in [9.17, 15) is 9.18 Å². The van der Waals surface area contributed by atoms with Crippen molar-refractivity contribution in [3.05, 3.63) is 35.6 Å². The number of likely N-dealkylation sites (tertiary alicyclic amines) is 1. The van der Waals surface area contributed by atoms with Crippen molar-refractivity contribution in [3.63, 3.8) is 0 Å². The van der Waals surface area contributed by atoms with Crippen molar-refractivity contribution in [3.8, 4) is 0 Å². The van der Waals surface area contributed by atoms with Gasteiger partial charge in [-0.3, -0.25) is 4.90 Å². The molecule has 5 heteroatoms. The number of halogens is 1. The van der Waals surface area contributed by atoms with Crippen molar-refractivity contribution in [1.29, 1.82) is 0 Å². The lowest BCUT2D eigenvalue weighted by Gasteiger charge is -2.30. The van der Waals surface area contributed by atoms with E-state index in [-0.39, 0.29) is 11.9 Å². The summed E-state index contributed by atoms with van der Waals surface area (Å²) in [6.45, 7) is 5.89. The number of nitrogens with zero attached hydrogens (tertiary/aromatic N) is 1. The summed E-state index contributed by atoms with van der Waals surface area (Å²) in [5, 5.41) is 0. The summed E-state index contributed by atoms with van der Waals surface area (Å²) in [4.78, 5) is 13.7. The van der Waals surface area contributed by atoms with Gasteiger partial charge in [-0.15, -0.1) is 0 Å². The number of amides is 1. The van der Waals surface area contributed by atoms with Crippen molar-refractivity contribution >= 4 is 6.09 Å². The molecule has 0 bridgehead atoms. The Morgan fingerprint density at radius 1 is 1.40 bits per heavy atom. The molecule has 1 saturated heterocycles. The van der Waals surface area contributed by atoms with E-state index in [0.29, 0.717) is 18.5 Å². The van der Waals surface area contributed by atoms with E-state index < -0.39 is 17.7 Å². The van der Waals surface area contributed by atoms with Crippen molar-refractivity contribution in [2.75, 3.05) is 6.54 Å². The Kier molecular flexibility index (Phi) is 3.99. The average molecular weight is 280 g/mol. The Labute approximate surface area is 118 Å². The number of nitrogens with two attached hydrogens (primary N) is 1. The lowest BCUT2D eigenvalue weighted by molar-refractivity contribution is 0.0216. The minimum absolute atomic E-state index is 0.278. The minimum atomic E-state index is -0.580. The van der Waals surface area contributed by atoms with Gasteiger partial charge in [0, 0.05) is 18.2 Å². The van der Waals surface area contributed by atoms with Gasteiger partial charge < -0.3 is 10.5 Å². The maximum Gasteiger partial charge on any atom is 0.410 e. The Hall–Kier alpha value is -1.62. The van der Waals surface area contributed by atoms with E-state index in [0.717, 1.165) is 0 Å². The first-order chi connectivity index (χ1) is 9.29. The third kappa shape index (κ3) is 3.10. The third-order valence-corrected chi connectivity index (χ3v) is 3.30. The quantitative estimate of drug-likeness (QED) is 0.860. The predicted octanol–water partition coefficient (Wildman–Crippen LogP) is 2.83. The Morgan fingerprint density at radius 2 is 2.05 bits per heavy atom. The molecule has 1 aliphatic rings. The molecule has 2 atom stereocenters. The van der Waals surface area contributed by atoms with Crippen LogP contribution < -0.4 is 5.73 Å². The zero-order valence-corrected chi connectivity index (χ0v) is 12.1. The van der Waals surface area contributed by atoms with Crippen LogP contribution in [0.25, 0.3) is 0 Å². The summed E-state index contributed by atoms with van der Waals surface area (Å²) >= 11 is 0. The van der Waals surface area contributed by atoms with Crippen LogP contribution in [0, 0.1) is 5.82 Å². The number of ether oxygens (including phenoxy) is 1. The van der Waals surface area contributed by atoms with Crippen LogP contribution in [-0.4, -0.2) is 29.2 Å². The molecule has 1 aromatic rings. The van der Waals surface area contributed by atoms with Crippen LogP contribution >= 0.6 is 0 Å².